The fourth-order valence-corrected chi connectivity index (χ4v) is 3.85. The average Bonchev–Trinajstić information content (AvgIpc) is 2.60. The van der Waals surface area contributed by atoms with Gasteiger partial charge in [0, 0.05) is 6.42 Å². The molecule has 3 rings (SSSR count). The number of nitrogens with zero attached hydrogens (tertiary/aromatic N) is 2. The van der Waals surface area contributed by atoms with Gasteiger partial charge in [0.1, 0.15) is 5.75 Å². The van der Waals surface area contributed by atoms with Crippen LogP contribution in [0.3, 0.4) is 0 Å². The van der Waals surface area contributed by atoms with Crippen molar-refractivity contribution >= 4 is 11.9 Å². The molecular weight excluding hydrogens is 304 g/mol. The largest absolute Gasteiger partial charge is 0.691 e. The molecule has 1 saturated carbocycles. The van der Waals surface area contributed by atoms with Crippen molar-refractivity contribution in [2.75, 3.05) is 21.2 Å². The Morgan fingerprint density at radius 1 is 1.33 bits per heavy atom. The molecule has 0 saturated heterocycles. The van der Waals surface area contributed by atoms with Gasteiger partial charge >= 0.3 is 0 Å². The maximum atomic E-state index is 11.8. The normalized spacial score (nSPS) is 32.1. The highest BCUT2D eigenvalue weighted by Crippen LogP contribution is 2.59. The van der Waals surface area contributed by atoms with Crippen molar-refractivity contribution in [1.29, 1.82) is 0 Å². The first-order valence-electron chi connectivity index (χ1n) is 7.99. The molecule has 24 heavy (non-hydrogen) atoms. The van der Waals surface area contributed by atoms with Crippen LogP contribution in [-0.2, 0) is 4.79 Å². The number of allylic oxidation sites excluding steroid dienone is 1. The number of methoxy groups -OCH3 is 1. The van der Waals surface area contributed by atoms with Gasteiger partial charge in [-0.2, -0.15) is 12.7 Å². The summed E-state index contributed by atoms with van der Waals surface area (Å²) in [5, 5.41) is 19.7. The van der Waals surface area contributed by atoms with Gasteiger partial charge in [-0.15, -0.1) is 12.6 Å². The van der Waals surface area contributed by atoms with Gasteiger partial charge in [-0.3, -0.25) is 4.79 Å². The van der Waals surface area contributed by atoms with Crippen LogP contribution < -0.4 is 4.74 Å². The molecule has 0 radical (unpaired) electrons. The van der Waals surface area contributed by atoms with Crippen LogP contribution in [0.25, 0.3) is 16.7 Å². The number of hydrogen-bond donors (Lipinski definition) is 1. The van der Waals surface area contributed by atoms with Gasteiger partial charge in [-0.1, -0.05) is 18.2 Å². The molecule has 0 aliphatic heterocycles. The number of rotatable bonds is 5. The first-order chi connectivity index (χ1) is 11.5. The SMILES string of the molecule is C[N-]C(=Cc1ccc(OC)cc1)C1([N-]C)CC2(O)C=CC(=O)CC21. The molecule has 3 atom stereocenters. The summed E-state index contributed by atoms with van der Waals surface area (Å²) in [6.45, 7) is 0. The molecule has 1 N–H and O–H groups in total. The topological polar surface area (TPSA) is 74.7 Å². The maximum Gasteiger partial charge on any atom is 0.155 e. The Morgan fingerprint density at radius 3 is 2.62 bits per heavy atom. The molecule has 2 aliphatic rings. The van der Waals surface area contributed by atoms with E-state index in [4.69, 9.17) is 4.74 Å². The first-order valence-corrected chi connectivity index (χ1v) is 7.99. The smallest absolute Gasteiger partial charge is 0.155 e. The number of benzene rings is 1. The predicted octanol–water partition coefficient (Wildman–Crippen LogP) is 3.06. The van der Waals surface area contributed by atoms with Gasteiger partial charge in [-0.25, -0.2) is 0 Å². The third kappa shape index (κ3) is 2.54. The molecule has 5 nitrogen and oxygen atoms in total. The van der Waals surface area contributed by atoms with Crippen LogP contribution in [0.4, 0.5) is 0 Å². The number of aliphatic hydroxyl groups is 1. The Bertz CT molecular complexity index is 695. The number of hydrogen-bond acceptors (Lipinski definition) is 3. The van der Waals surface area contributed by atoms with Gasteiger partial charge < -0.3 is 20.5 Å². The summed E-state index contributed by atoms with van der Waals surface area (Å²) in [5.41, 5.74) is 0.182. The van der Waals surface area contributed by atoms with Crippen LogP contribution in [0, 0.1) is 5.92 Å². The summed E-state index contributed by atoms with van der Waals surface area (Å²) < 4.78 is 5.18. The van der Waals surface area contributed by atoms with E-state index in [9.17, 15) is 9.90 Å². The number of carbonyl (C=O) groups is 1. The molecule has 1 fully saturated rings. The molecule has 5 heteroatoms. The second-order valence-corrected chi connectivity index (χ2v) is 6.40. The summed E-state index contributed by atoms with van der Waals surface area (Å²) in [6, 6.07) is 7.67. The van der Waals surface area contributed by atoms with Crippen LogP contribution in [0.1, 0.15) is 18.4 Å². The van der Waals surface area contributed by atoms with Crippen LogP contribution in [0.2, 0.25) is 0 Å². The van der Waals surface area contributed by atoms with E-state index in [1.165, 1.54) is 6.08 Å². The molecule has 128 valence electrons. The Morgan fingerprint density at radius 2 is 2.04 bits per heavy atom. The Balaban J connectivity index is 1.95. The molecule has 0 bridgehead atoms. The fourth-order valence-electron chi connectivity index (χ4n) is 3.85. The van der Waals surface area contributed by atoms with E-state index in [-0.39, 0.29) is 11.7 Å². The van der Waals surface area contributed by atoms with E-state index in [1.54, 1.807) is 27.3 Å². The zero-order valence-corrected chi connectivity index (χ0v) is 14.2. The van der Waals surface area contributed by atoms with E-state index in [2.05, 4.69) is 10.6 Å². The van der Waals surface area contributed by atoms with Crippen molar-refractivity contribution in [3.05, 3.63) is 58.3 Å². The minimum Gasteiger partial charge on any atom is -0.691 e. The molecule has 0 aromatic heterocycles. The van der Waals surface area contributed by atoms with Crippen molar-refractivity contribution in [3.63, 3.8) is 0 Å². The Kier molecular flexibility index (Phi) is 4.24. The van der Waals surface area contributed by atoms with Crippen molar-refractivity contribution < 1.29 is 14.6 Å². The summed E-state index contributed by atoms with van der Waals surface area (Å²) in [5.74, 6) is 0.552. The lowest BCUT2D eigenvalue weighted by Crippen LogP contribution is -2.66. The quantitative estimate of drug-likeness (QED) is 0.903. The minimum absolute atomic E-state index is 0.0253. The average molecular weight is 326 g/mol. The van der Waals surface area contributed by atoms with Crippen LogP contribution in [-0.4, -0.2) is 43.2 Å². The van der Waals surface area contributed by atoms with Crippen LogP contribution >= 0.6 is 0 Å². The van der Waals surface area contributed by atoms with Crippen molar-refractivity contribution in [2.24, 2.45) is 5.92 Å². The van der Waals surface area contributed by atoms with E-state index in [0.717, 1.165) is 17.0 Å². The molecule has 2 aliphatic carbocycles. The number of ketones is 1. The van der Waals surface area contributed by atoms with Crippen LogP contribution in [0.15, 0.2) is 42.1 Å². The van der Waals surface area contributed by atoms with Gasteiger partial charge in [-0.05, 0) is 42.2 Å². The molecule has 0 spiro atoms. The highest BCUT2D eigenvalue weighted by molar-refractivity contribution is 5.92. The van der Waals surface area contributed by atoms with E-state index < -0.39 is 11.1 Å². The van der Waals surface area contributed by atoms with Gasteiger partial charge in [0.15, 0.2) is 5.78 Å². The lowest BCUT2D eigenvalue weighted by molar-refractivity contribution is -0.131. The maximum absolute atomic E-state index is 11.8. The Labute approximate surface area is 142 Å². The molecule has 3 unspecified atom stereocenters. The predicted molar refractivity (Wildman–Crippen MR) is 94.1 cm³/mol. The molecular formula is C19H22N2O3-2. The van der Waals surface area contributed by atoms with Gasteiger partial charge in [0.2, 0.25) is 0 Å². The zero-order chi connectivity index (χ0) is 17.4. The third-order valence-corrected chi connectivity index (χ3v) is 5.20. The highest BCUT2D eigenvalue weighted by Gasteiger charge is 2.56. The molecule has 0 heterocycles. The first kappa shape index (κ1) is 16.7. The number of carbonyl (C=O) groups excluding carboxylic acids is 1. The van der Waals surface area contributed by atoms with E-state index >= 15 is 0 Å². The van der Waals surface area contributed by atoms with E-state index in [0.29, 0.717) is 12.8 Å². The van der Waals surface area contributed by atoms with Crippen molar-refractivity contribution in [3.8, 4) is 5.75 Å². The molecule has 1 aromatic carbocycles. The standard InChI is InChI=1S/C19H22N2O3/c1-20-17(10-13-4-6-15(24-3)7-5-13)19(21-2)12-18(23)9-8-14(22)11-16(18)19/h4-10,16,23H,11-12H2,1-3H3/q-2. The fraction of sp³-hybridized carbons (Fsp3) is 0.421. The lowest BCUT2D eigenvalue weighted by Gasteiger charge is -2.71. The Hall–Kier alpha value is -2.11. The lowest BCUT2D eigenvalue weighted by atomic mass is 9.51. The van der Waals surface area contributed by atoms with Crippen molar-refractivity contribution in [2.45, 2.75) is 24.0 Å². The van der Waals surface area contributed by atoms with Crippen LogP contribution in [0.5, 0.6) is 5.75 Å². The monoisotopic (exact) mass is 326 g/mol. The molecule has 1 aromatic rings. The van der Waals surface area contributed by atoms with Gasteiger partial charge in [0.05, 0.1) is 12.7 Å². The summed E-state index contributed by atoms with van der Waals surface area (Å²) in [4.78, 5) is 11.8. The second kappa shape index (κ2) is 6.07. The minimum atomic E-state index is -0.961. The molecule has 0 amide bonds. The summed E-state index contributed by atoms with van der Waals surface area (Å²) >= 11 is 0. The zero-order valence-electron chi connectivity index (χ0n) is 14.2. The highest BCUT2D eigenvalue weighted by atomic mass is 16.5. The van der Waals surface area contributed by atoms with E-state index in [1.807, 2.05) is 30.3 Å². The third-order valence-electron chi connectivity index (χ3n) is 5.20. The number of fused-ring (bicyclic) bond motifs is 1. The van der Waals surface area contributed by atoms with Crippen molar-refractivity contribution in [1.82, 2.24) is 0 Å². The van der Waals surface area contributed by atoms with Gasteiger partial charge in [0.25, 0.3) is 0 Å². The summed E-state index contributed by atoms with van der Waals surface area (Å²) in [7, 11) is 5.08. The number of likely N-dealkylation sites (N-methyl/N-ethyl adjacent to an activating group) is 2. The summed E-state index contributed by atoms with van der Waals surface area (Å²) in [6.07, 6.45) is 5.80. The second-order valence-electron chi connectivity index (χ2n) is 6.40. The number of ether oxygens (including phenoxy) is 1.